The molecule has 0 saturated heterocycles. The third-order valence-corrected chi connectivity index (χ3v) is 3.99. The summed E-state index contributed by atoms with van der Waals surface area (Å²) in [7, 11) is 0. The van der Waals surface area contributed by atoms with Gasteiger partial charge in [-0.1, -0.05) is 34.1 Å². The molecule has 0 aliphatic carbocycles. The van der Waals surface area contributed by atoms with Crippen molar-refractivity contribution in [3.63, 3.8) is 0 Å². The summed E-state index contributed by atoms with van der Waals surface area (Å²) in [5.74, 6) is -3.69. The lowest BCUT2D eigenvalue weighted by molar-refractivity contribution is -0.143. The molecule has 0 rings (SSSR count). The van der Waals surface area contributed by atoms with Gasteiger partial charge < -0.3 is 20.8 Å². The van der Waals surface area contributed by atoms with E-state index in [1.54, 1.807) is 6.92 Å². The molecule has 1 unspecified atom stereocenters. The highest BCUT2D eigenvalue weighted by Crippen LogP contribution is 2.15. The first kappa shape index (κ1) is 22.9. The molecule has 0 aromatic carbocycles. The van der Waals surface area contributed by atoms with Crippen molar-refractivity contribution < 1.29 is 29.4 Å². The molecular formula is C17H30N2O6. The first-order chi connectivity index (χ1) is 11.6. The molecule has 0 saturated carbocycles. The Morgan fingerprint density at radius 1 is 1.04 bits per heavy atom. The minimum atomic E-state index is -1.09. The maximum Gasteiger partial charge on any atom is 0.326 e. The molecule has 0 radical (unpaired) electrons. The highest BCUT2D eigenvalue weighted by Gasteiger charge is 2.26. The number of aliphatic carboxylic acids is 2. The zero-order valence-electron chi connectivity index (χ0n) is 15.4. The number of carbonyl (C=O) groups excluding carboxylic acids is 2. The van der Waals surface area contributed by atoms with Crippen LogP contribution < -0.4 is 10.6 Å². The molecule has 25 heavy (non-hydrogen) atoms. The molecule has 0 aromatic heterocycles. The lowest BCUT2D eigenvalue weighted by Gasteiger charge is -2.20. The number of carboxylic acid groups (broad SMARTS) is 2. The smallest absolute Gasteiger partial charge is 0.326 e. The Labute approximate surface area is 148 Å². The molecule has 0 bridgehead atoms. The average molecular weight is 358 g/mol. The molecule has 3 atom stereocenters. The van der Waals surface area contributed by atoms with Gasteiger partial charge in [0.15, 0.2) is 0 Å². The van der Waals surface area contributed by atoms with Crippen molar-refractivity contribution in [3.8, 4) is 0 Å². The van der Waals surface area contributed by atoms with E-state index in [1.807, 2.05) is 20.8 Å². The van der Waals surface area contributed by atoms with E-state index >= 15 is 0 Å². The van der Waals surface area contributed by atoms with Gasteiger partial charge in [-0.3, -0.25) is 14.4 Å². The predicted molar refractivity (Wildman–Crippen MR) is 91.8 cm³/mol. The first-order valence-electron chi connectivity index (χ1n) is 8.60. The molecule has 0 aliphatic rings. The summed E-state index contributed by atoms with van der Waals surface area (Å²) in [5.41, 5.74) is 0. The summed E-state index contributed by atoms with van der Waals surface area (Å²) < 4.78 is 0. The van der Waals surface area contributed by atoms with Gasteiger partial charge in [-0.15, -0.1) is 0 Å². The molecule has 0 heterocycles. The number of hydrogen-bond acceptors (Lipinski definition) is 4. The number of carboxylic acids is 2. The molecule has 0 aromatic rings. The molecule has 0 fully saturated rings. The fourth-order valence-corrected chi connectivity index (χ4v) is 2.44. The molecule has 2 amide bonds. The summed E-state index contributed by atoms with van der Waals surface area (Å²) in [5, 5.41) is 23.0. The summed E-state index contributed by atoms with van der Waals surface area (Å²) in [6.07, 6.45) is 0.734. The largest absolute Gasteiger partial charge is 0.481 e. The second-order valence-corrected chi connectivity index (χ2v) is 6.73. The number of nitrogens with one attached hydrogen (secondary N) is 2. The van der Waals surface area contributed by atoms with Crippen molar-refractivity contribution in [2.24, 2.45) is 17.8 Å². The average Bonchev–Trinajstić information content (AvgIpc) is 2.49. The van der Waals surface area contributed by atoms with Crippen LogP contribution in [-0.4, -0.2) is 46.6 Å². The van der Waals surface area contributed by atoms with Gasteiger partial charge in [0.1, 0.15) is 6.04 Å². The van der Waals surface area contributed by atoms with Crippen LogP contribution in [0.25, 0.3) is 0 Å². The van der Waals surface area contributed by atoms with E-state index in [4.69, 9.17) is 10.2 Å². The molecule has 8 heteroatoms. The Hall–Kier alpha value is -2.12. The van der Waals surface area contributed by atoms with Gasteiger partial charge in [0.2, 0.25) is 11.8 Å². The Bertz CT molecular complexity index is 478. The van der Waals surface area contributed by atoms with Crippen molar-refractivity contribution in [2.45, 2.75) is 59.4 Å². The van der Waals surface area contributed by atoms with E-state index in [1.165, 1.54) is 0 Å². The second-order valence-electron chi connectivity index (χ2n) is 6.73. The van der Waals surface area contributed by atoms with Crippen LogP contribution in [-0.2, 0) is 19.2 Å². The fourth-order valence-electron chi connectivity index (χ4n) is 2.44. The van der Waals surface area contributed by atoms with E-state index < -0.39 is 35.7 Å². The first-order valence-corrected chi connectivity index (χ1v) is 8.60. The Morgan fingerprint density at radius 2 is 1.64 bits per heavy atom. The highest BCUT2D eigenvalue weighted by molar-refractivity contribution is 5.85. The maximum absolute atomic E-state index is 12.1. The van der Waals surface area contributed by atoms with Crippen LogP contribution in [0.4, 0.5) is 0 Å². The van der Waals surface area contributed by atoms with Crippen molar-refractivity contribution in [3.05, 3.63) is 0 Å². The standard InChI is InChI=1S/C17H30N2O6/c1-5-11(4)15(17(24)25)19-13(20)6-7-18-16(23)12(8-10(2)3)9-14(21)22/h10-12,15H,5-9H2,1-4H3,(H,18,23)(H,19,20)(H,21,22)(H,24,25)/t11-,12?,15-/m0/s1. The van der Waals surface area contributed by atoms with Crippen molar-refractivity contribution >= 4 is 23.8 Å². The van der Waals surface area contributed by atoms with Crippen molar-refractivity contribution in [2.75, 3.05) is 6.54 Å². The number of hydrogen-bond donors (Lipinski definition) is 4. The number of amides is 2. The van der Waals surface area contributed by atoms with Crippen LogP contribution in [0, 0.1) is 17.8 Å². The molecular weight excluding hydrogens is 328 g/mol. The van der Waals surface area contributed by atoms with Gasteiger partial charge in [-0.25, -0.2) is 4.79 Å². The van der Waals surface area contributed by atoms with Gasteiger partial charge in [0, 0.05) is 18.9 Å². The molecule has 144 valence electrons. The fraction of sp³-hybridized carbons (Fsp3) is 0.765. The molecule has 8 nitrogen and oxygen atoms in total. The van der Waals surface area contributed by atoms with Crippen LogP contribution in [0.15, 0.2) is 0 Å². The quantitative estimate of drug-likeness (QED) is 0.415. The third-order valence-electron chi connectivity index (χ3n) is 3.99. The van der Waals surface area contributed by atoms with Gasteiger partial charge >= 0.3 is 11.9 Å². The minimum Gasteiger partial charge on any atom is -0.481 e. The van der Waals surface area contributed by atoms with Crippen molar-refractivity contribution in [1.82, 2.24) is 10.6 Å². The van der Waals surface area contributed by atoms with Crippen LogP contribution in [0.1, 0.15) is 53.4 Å². The van der Waals surface area contributed by atoms with Gasteiger partial charge in [-0.2, -0.15) is 0 Å². The normalized spacial score (nSPS) is 14.4. The summed E-state index contributed by atoms with van der Waals surface area (Å²) in [4.78, 5) is 46.0. The van der Waals surface area contributed by atoms with E-state index in [0.29, 0.717) is 12.8 Å². The van der Waals surface area contributed by atoms with E-state index in [9.17, 15) is 19.2 Å². The summed E-state index contributed by atoms with van der Waals surface area (Å²) in [6, 6.07) is -0.964. The Kier molecular flexibility index (Phi) is 10.5. The van der Waals surface area contributed by atoms with Crippen LogP contribution in [0.5, 0.6) is 0 Å². The second kappa shape index (κ2) is 11.4. The zero-order chi connectivity index (χ0) is 19.6. The van der Waals surface area contributed by atoms with Crippen LogP contribution >= 0.6 is 0 Å². The summed E-state index contributed by atoms with van der Waals surface area (Å²) >= 11 is 0. The minimum absolute atomic E-state index is 0.0335. The van der Waals surface area contributed by atoms with Crippen LogP contribution in [0.3, 0.4) is 0 Å². The van der Waals surface area contributed by atoms with Gasteiger partial charge in [0.05, 0.1) is 6.42 Å². The van der Waals surface area contributed by atoms with Crippen molar-refractivity contribution in [1.29, 1.82) is 0 Å². The number of rotatable bonds is 12. The van der Waals surface area contributed by atoms with Gasteiger partial charge in [-0.05, 0) is 18.3 Å². The van der Waals surface area contributed by atoms with E-state index in [0.717, 1.165) is 0 Å². The van der Waals surface area contributed by atoms with E-state index in [-0.39, 0.29) is 31.2 Å². The Balaban J connectivity index is 4.46. The predicted octanol–water partition coefficient (Wildman–Crippen LogP) is 1.25. The zero-order valence-corrected chi connectivity index (χ0v) is 15.4. The highest BCUT2D eigenvalue weighted by atomic mass is 16.4. The van der Waals surface area contributed by atoms with Gasteiger partial charge in [0.25, 0.3) is 0 Å². The third kappa shape index (κ3) is 9.69. The molecule has 0 spiro atoms. The number of carbonyl (C=O) groups is 4. The molecule has 4 N–H and O–H groups in total. The van der Waals surface area contributed by atoms with E-state index in [2.05, 4.69) is 10.6 Å². The monoisotopic (exact) mass is 358 g/mol. The Morgan fingerprint density at radius 3 is 2.08 bits per heavy atom. The SMILES string of the molecule is CC[C@H](C)[C@H](NC(=O)CCNC(=O)C(CC(=O)O)CC(C)C)C(=O)O. The molecule has 0 aliphatic heterocycles. The lowest BCUT2D eigenvalue weighted by Crippen LogP contribution is -2.46. The maximum atomic E-state index is 12.1. The van der Waals surface area contributed by atoms with Crippen LogP contribution in [0.2, 0.25) is 0 Å². The topological polar surface area (TPSA) is 133 Å². The lowest BCUT2D eigenvalue weighted by atomic mass is 9.93. The summed E-state index contributed by atoms with van der Waals surface area (Å²) in [6.45, 7) is 7.41.